The first-order valence-electron chi connectivity index (χ1n) is 8.33. The highest BCUT2D eigenvalue weighted by Crippen LogP contribution is 2.36. The molecule has 1 aromatic heterocycles. The van der Waals surface area contributed by atoms with Crippen molar-refractivity contribution in [3.05, 3.63) is 42.5 Å². The van der Waals surface area contributed by atoms with Crippen LogP contribution in [0.4, 0.5) is 5.69 Å². The molecule has 0 aliphatic carbocycles. The second-order valence-corrected chi connectivity index (χ2v) is 7.17. The molecular formula is C19H15N3O4S. The molecule has 3 aromatic rings. The van der Waals surface area contributed by atoms with E-state index in [1.54, 1.807) is 12.1 Å². The Balaban J connectivity index is 1.56. The van der Waals surface area contributed by atoms with Crippen LogP contribution in [0, 0.1) is 0 Å². The Labute approximate surface area is 158 Å². The molecule has 4 rings (SSSR count). The molecule has 3 amide bonds. The van der Waals surface area contributed by atoms with E-state index in [0.29, 0.717) is 16.3 Å². The number of fused-ring (bicyclic) bond motifs is 1. The zero-order chi connectivity index (χ0) is 19.0. The fraction of sp³-hybridized carbons (Fsp3) is 0.158. The number of likely N-dealkylation sites (tertiary alicyclic amines) is 1. The molecule has 27 heavy (non-hydrogen) atoms. The van der Waals surface area contributed by atoms with Crippen LogP contribution in [0.15, 0.2) is 42.5 Å². The van der Waals surface area contributed by atoms with Crippen LogP contribution in [0.25, 0.3) is 20.8 Å². The number of nitrogens with one attached hydrogen (secondary N) is 1. The number of para-hydroxylation sites is 1. The van der Waals surface area contributed by atoms with E-state index < -0.39 is 5.91 Å². The first-order valence-corrected chi connectivity index (χ1v) is 9.15. The number of aromatic nitrogens is 1. The lowest BCUT2D eigenvalue weighted by Crippen LogP contribution is -2.36. The summed E-state index contributed by atoms with van der Waals surface area (Å²) in [6, 6.07) is 12.3. The molecule has 1 aliphatic heterocycles. The van der Waals surface area contributed by atoms with Gasteiger partial charge in [0.15, 0.2) is 0 Å². The molecule has 0 unspecified atom stereocenters. The van der Waals surface area contributed by atoms with Gasteiger partial charge in [0.05, 0.1) is 15.8 Å². The van der Waals surface area contributed by atoms with Gasteiger partial charge in [0, 0.05) is 18.5 Å². The Morgan fingerprint density at radius 3 is 2.63 bits per heavy atom. The summed E-state index contributed by atoms with van der Waals surface area (Å²) in [5.74, 6) is -1.09. The molecular weight excluding hydrogens is 366 g/mol. The number of carbonyl (C=O) groups excluding carboxylic acids is 3. The van der Waals surface area contributed by atoms with Crippen LogP contribution in [0.2, 0.25) is 0 Å². The van der Waals surface area contributed by atoms with Crippen LogP contribution in [-0.4, -0.2) is 39.3 Å². The number of thiazole rings is 1. The summed E-state index contributed by atoms with van der Waals surface area (Å²) in [7, 11) is 0. The molecule has 0 saturated carbocycles. The maximum atomic E-state index is 12.2. The third-order valence-corrected chi connectivity index (χ3v) is 5.33. The van der Waals surface area contributed by atoms with E-state index in [9.17, 15) is 19.5 Å². The fourth-order valence-electron chi connectivity index (χ4n) is 2.92. The monoisotopic (exact) mass is 381 g/mol. The number of carbonyl (C=O) groups is 3. The lowest BCUT2D eigenvalue weighted by atomic mass is 10.2. The topological polar surface area (TPSA) is 99.6 Å². The van der Waals surface area contributed by atoms with Gasteiger partial charge in [-0.1, -0.05) is 12.1 Å². The highest BCUT2D eigenvalue weighted by atomic mass is 32.1. The van der Waals surface area contributed by atoms with Crippen molar-refractivity contribution < 1.29 is 19.5 Å². The number of nitrogens with zero attached hydrogens (tertiary/aromatic N) is 2. The van der Waals surface area contributed by atoms with Crippen molar-refractivity contribution in [3.63, 3.8) is 0 Å². The van der Waals surface area contributed by atoms with Gasteiger partial charge in [-0.2, -0.15) is 0 Å². The lowest BCUT2D eigenvalue weighted by Gasteiger charge is -2.14. The summed E-state index contributed by atoms with van der Waals surface area (Å²) in [6.07, 6.45) is 0.292. The molecule has 0 atom stereocenters. The number of hydrogen-bond donors (Lipinski definition) is 2. The molecule has 136 valence electrons. The lowest BCUT2D eigenvalue weighted by molar-refractivity contribution is -0.141. The van der Waals surface area contributed by atoms with Crippen LogP contribution in [0.1, 0.15) is 12.8 Å². The Morgan fingerprint density at radius 1 is 1.15 bits per heavy atom. The standard InChI is InChI=1S/C19H15N3O4S/c23-14-6-5-11(20-16(24)10-22-17(25)7-8-18(22)26)9-12(14)19-21-13-3-1-2-4-15(13)27-19/h1-6,9,23H,7-8,10H2,(H,20,24). The third-order valence-electron chi connectivity index (χ3n) is 4.26. The molecule has 1 saturated heterocycles. The van der Waals surface area contributed by atoms with Crippen LogP contribution in [0.3, 0.4) is 0 Å². The van der Waals surface area contributed by atoms with Gasteiger partial charge in [-0.15, -0.1) is 11.3 Å². The van der Waals surface area contributed by atoms with E-state index >= 15 is 0 Å². The first-order chi connectivity index (χ1) is 13.0. The smallest absolute Gasteiger partial charge is 0.244 e. The zero-order valence-electron chi connectivity index (χ0n) is 14.1. The second kappa shape index (κ2) is 6.81. The minimum atomic E-state index is -0.473. The minimum absolute atomic E-state index is 0.0527. The molecule has 8 heteroatoms. The van der Waals surface area contributed by atoms with Gasteiger partial charge in [-0.3, -0.25) is 19.3 Å². The van der Waals surface area contributed by atoms with E-state index in [0.717, 1.165) is 15.1 Å². The molecule has 1 fully saturated rings. The minimum Gasteiger partial charge on any atom is -0.507 e. The Bertz CT molecular complexity index is 1030. The predicted octanol–water partition coefficient (Wildman–Crippen LogP) is 2.76. The van der Waals surface area contributed by atoms with Gasteiger partial charge in [-0.05, 0) is 30.3 Å². The van der Waals surface area contributed by atoms with Crippen molar-refractivity contribution in [2.45, 2.75) is 12.8 Å². The number of rotatable bonds is 4. The number of imide groups is 1. The van der Waals surface area contributed by atoms with Crippen LogP contribution in [-0.2, 0) is 14.4 Å². The van der Waals surface area contributed by atoms with Gasteiger partial charge in [0.1, 0.15) is 17.3 Å². The third kappa shape index (κ3) is 3.39. The van der Waals surface area contributed by atoms with Crippen LogP contribution >= 0.6 is 11.3 Å². The van der Waals surface area contributed by atoms with Crippen molar-refractivity contribution >= 4 is 45.0 Å². The fourth-order valence-corrected chi connectivity index (χ4v) is 3.91. The number of aromatic hydroxyl groups is 1. The molecule has 2 N–H and O–H groups in total. The van der Waals surface area contributed by atoms with Gasteiger partial charge in [0.2, 0.25) is 17.7 Å². The number of phenols is 1. The maximum absolute atomic E-state index is 12.2. The number of anilines is 1. The average Bonchev–Trinajstić information content (AvgIpc) is 3.21. The number of hydrogen-bond acceptors (Lipinski definition) is 6. The number of amides is 3. The van der Waals surface area contributed by atoms with Gasteiger partial charge >= 0.3 is 0 Å². The summed E-state index contributed by atoms with van der Waals surface area (Å²) in [5.41, 5.74) is 1.78. The largest absolute Gasteiger partial charge is 0.507 e. The molecule has 0 spiro atoms. The summed E-state index contributed by atoms with van der Waals surface area (Å²) in [6.45, 7) is -0.311. The van der Waals surface area contributed by atoms with E-state index in [1.165, 1.54) is 17.4 Å². The van der Waals surface area contributed by atoms with Crippen molar-refractivity contribution in [1.82, 2.24) is 9.88 Å². The average molecular weight is 381 g/mol. The Kier molecular flexibility index (Phi) is 4.33. The highest BCUT2D eigenvalue weighted by molar-refractivity contribution is 7.21. The van der Waals surface area contributed by atoms with Crippen molar-refractivity contribution in [2.24, 2.45) is 0 Å². The normalized spacial score (nSPS) is 14.1. The van der Waals surface area contributed by atoms with Crippen LogP contribution in [0.5, 0.6) is 5.75 Å². The molecule has 0 bridgehead atoms. The summed E-state index contributed by atoms with van der Waals surface area (Å²) in [5, 5.41) is 13.5. The van der Waals surface area contributed by atoms with E-state index in [-0.39, 0.29) is 37.0 Å². The van der Waals surface area contributed by atoms with Gasteiger partial charge < -0.3 is 10.4 Å². The van der Waals surface area contributed by atoms with Crippen molar-refractivity contribution in [3.8, 4) is 16.3 Å². The quantitative estimate of drug-likeness (QED) is 0.535. The van der Waals surface area contributed by atoms with Gasteiger partial charge in [0.25, 0.3) is 0 Å². The number of benzene rings is 2. The highest BCUT2D eigenvalue weighted by Gasteiger charge is 2.30. The van der Waals surface area contributed by atoms with E-state index in [2.05, 4.69) is 10.3 Å². The molecule has 2 aromatic carbocycles. The summed E-state index contributed by atoms with van der Waals surface area (Å²) in [4.78, 5) is 40.9. The second-order valence-electron chi connectivity index (χ2n) is 6.14. The maximum Gasteiger partial charge on any atom is 0.244 e. The number of phenolic OH excluding ortho intramolecular Hbond substituents is 1. The molecule has 2 heterocycles. The Morgan fingerprint density at radius 2 is 1.89 bits per heavy atom. The van der Waals surface area contributed by atoms with E-state index in [1.807, 2.05) is 24.3 Å². The first kappa shape index (κ1) is 17.2. The summed E-state index contributed by atoms with van der Waals surface area (Å²) < 4.78 is 0.993. The molecule has 7 nitrogen and oxygen atoms in total. The summed E-state index contributed by atoms with van der Waals surface area (Å²) >= 11 is 1.44. The van der Waals surface area contributed by atoms with Crippen molar-refractivity contribution in [2.75, 3.05) is 11.9 Å². The SMILES string of the molecule is O=C(CN1C(=O)CCC1=O)Nc1ccc(O)c(-c2nc3ccccc3s2)c1. The Hall–Kier alpha value is -3.26. The molecule has 0 radical (unpaired) electrons. The molecule has 1 aliphatic rings. The van der Waals surface area contributed by atoms with E-state index in [4.69, 9.17) is 0 Å². The van der Waals surface area contributed by atoms with Crippen molar-refractivity contribution in [1.29, 1.82) is 0 Å². The predicted molar refractivity (Wildman–Crippen MR) is 101 cm³/mol. The zero-order valence-corrected chi connectivity index (χ0v) is 15.0. The van der Waals surface area contributed by atoms with Crippen LogP contribution < -0.4 is 5.32 Å². The van der Waals surface area contributed by atoms with Gasteiger partial charge in [-0.25, -0.2) is 4.98 Å².